The van der Waals surface area contributed by atoms with E-state index >= 15 is 0 Å². The van der Waals surface area contributed by atoms with Gasteiger partial charge in [-0.15, -0.1) is 0 Å². The number of hydrogen-bond acceptors (Lipinski definition) is 2. The molecule has 1 fully saturated rings. The van der Waals surface area contributed by atoms with Crippen molar-refractivity contribution in [3.8, 4) is 0 Å². The minimum Gasteiger partial charge on any atom is -0.324 e. The highest BCUT2D eigenvalue weighted by atomic mass is 19.1. The molecule has 2 aliphatic rings. The van der Waals surface area contributed by atoms with Gasteiger partial charge in [0.1, 0.15) is 11.9 Å². The molecule has 1 amide bonds. The Labute approximate surface area is 122 Å². The lowest BCUT2D eigenvalue weighted by molar-refractivity contribution is -0.117. The summed E-state index contributed by atoms with van der Waals surface area (Å²) in [6.07, 6.45) is 1.01. The number of anilines is 1. The Balaban J connectivity index is 1.52. The van der Waals surface area contributed by atoms with E-state index in [1.165, 1.54) is 17.7 Å². The molecule has 0 bridgehead atoms. The van der Waals surface area contributed by atoms with Crippen molar-refractivity contribution in [2.75, 3.05) is 5.32 Å². The van der Waals surface area contributed by atoms with E-state index in [9.17, 15) is 9.18 Å². The molecule has 0 spiro atoms. The van der Waals surface area contributed by atoms with Gasteiger partial charge in [-0.2, -0.15) is 0 Å². The predicted octanol–water partition coefficient (Wildman–Crippen LogP) is 2.96. The average Bonchev–Trinajstić information content (AvgIpc) is 3.20. The number of carbonyl (C=O) groups is 1. The van der Waals surface area contributed by atoms with Crippen LogP contribution in [0.5, 0.6) is 0 Å². The third-order valence-corrected chi connectivity index (χ3v) is 4.24. The summed E-state index contributed by atoms with van der Waals surface area (Å²) in [7, 11) is 0. The van der Waals surface area contributed by atoms with Crippen LogP contribution in [0.2, 0.25) is 0 Å². The van der Waals surface area contributed by atoms with E-state index in [0.717, 1.165) is 6.42 Å². The number of hydrogen-bond donors (Lipinski definition) is 2. The van der Waals surface area contributed by atoms with Crippen LogP contribution in [-0.4, -0.2) is 11.9 Å². The van der Waals surface area contributed by atoms with Crippen molar-refractivity contribution < 1.29 is 9.18 Å². The van der Waals surface area contributed by atoms with Crippen LogP contribution in [0.3, 0.4) is 0 Å². The quantitative estimate of drug-likeness (QED) is 0.908. The largest absolute Gasteiger partial charge is 0.324 e. The molecule has 1 aliphatic heterocycles. The zero-order valence-electron chi connectivity index (χ0n) is 11.3. The van der Waals surface area contributed by atoms with Crippen molar-refractivity contribution in [2.24, 2.45) is 0 Å². The SMILES string of the molecule is O=C1Nc2ccc(F)cc2C1NC1CC1c1ccccc1. The Kier molecular flexibility index (Phi) is 2.79. The Bertz CT molecular complexity index is 701. The maximum Gasteiger partial charge on any atom is 0.246 e. The van der Waals surface area contributed by atoms with E-state index in [4.69, 9.17) is 0 Å². The van der Waals surface area contributed by atoms with E-state index in [1.54, 1.807) is 6.07 Å². The normalized spacial score (nSPS) is 26.3. The highest BCUT2D eigenvalue weighted by molar-refractivity contribution is 6.02. The van der Waals surface area contributed by atoms with Crippen molar-refractivity contribution >= 4 is 11.6 Å². The maximum absolute atomic E-state index is 13.4. The van der Waals surface area contributed by atoms with E-state index in [1.807, 2.05) is 18.2 Å². The smallest absolute Gasteiger partial charge is 0.246 e. The van der Waals surface area contributed by atoms with E-state index in [2.05, 4.69) is 22.8 Å². The molecule has 2 aromatic carbocycles. The molecule has 1 aliphatic carbocycles. The zero-order valence-corrected chi connectivity index (χ0v) is 11.3. The molecular formula is C17H15FN2O. The van der Waals surface area contributed by atoms with E-state index in [-0.39, 0.29) is 17.8 Å². The molecule has 106 valence electrons. The van der Waals surface area contributed by atoms with Crippen LogP contribution in [0, 0.1) is 5.82 Å². The number of fused-ring (bicyclic) bond motifs is 1. The zero-order chi connectivity index (χ0) is 14.4. The van der Waals surface area contributed by atoms with Gasteiger partial charge in [0.2, 0.25) is 5.91 Å². The summed E-state index contributed by atoms with van der Waals surface area (Å²) < 4.78 is 13.4. The Morgan fingerprint density at radius 1 is 1.14 bits per heavy atom. The van der Waals surface area contributed by atoms with Gasteiger partial charge < -0.3 is 5.32 Å². The standard InChI is InChI=1S/C17H15FN2O/c18-11-6-7-14-13(8-11)16(17(21)20-14)19-15-9-12(15)10-4-2-1-3-5-10/h1-8,12,15-16,19H,9H2,(H,20,21). The summed E-state index contributed by atoms with van der Waals surface area (Å²) in [6, 6.07) is 14.5. The van der Waals surface area contributed by atoms with E-state index < -0.39 is 6.04 Å². The fourth-order valence-corrected chi connectivity index (χ4v) is 3.06. The van der Waals surface area contributed by atoms with Gasteiger partial charge in [-0.25, -0.2) is 4.39 Å². The second kappa shape index (κ2) is 4.67. The second-order valence-electron chi connectivity index (χ2n) is 5.68. The molecular weight excluding hydrogens is 267 g/mol. The van der Waals surface area contributed by atoms with Crippen LogP contribution in [0.15, 0.2) is 48.5 Å². The van der Waals surface area contributed by atoms with Crippen LogP contribution < -0.4 is 10.6 Å². The second-order valence-corrected chi connectivity index (χ2v) is 5.68. The molecule has 0 radical (unpaired) electrons. The first kappa shape index (κ1) is 12.5. The van der Waals surface area contributed by atoms with Crippen LogP contribution >= 0.6 is 0 Å². The molecule has 2 N–H and O–H groups in total. The van der Waals surface area contributed by atoms with Gasteiger partial charge in [0.25, 0.3) is 0 Å². The molecule has 4 heteroatoms. The van der Waals surface area contributed by atoms with Crippen molar-refractivity contribution in [1.29, 1.82) is 0 Å². The van der Waals surface area contributed by atoms with Crippen LogP contribution in [0.1, 0.15) is 29.5 Å². The topological polar surface area (TPSA) is 41.1 Å². The summed E-state index contributed by atoms with van der Waals surface area (Å²) in [4.78, 5) is 12.1. The van der Waals surface area contributed by atoms with Gasteiger partial charge in [-0.05, 0) is 30.2 Å². The summed E-state index contributed by atoms with van der Waals surface area (Å²) in [5, 5.41) is 6.15. The summed E-state index contributed by atoms with van der Waals surface area (Å²) >= 11 is 0. The van der Waals surface area contributed by atoms with Gasteiger partial charge in [0, 0.05) is 23.2 Å². The Morgan fingerprint density at radius 2 is 1.95 bits per heavy atom. The number of amides is 1. The van der Waals surface area contributed by atoms with Gasteiger partial charge in [0.05, 0.1) is 0 Å². The fraction of sp³-hybridized carbons (Fsp3) is 0.235. The molecule has 21 heavy (non-hydrogen) atoms. The molecule has 3 unspecified atom stereocenters. The number of benzene rings is 2. The van der Waals surface area contributed by atoms with E-state index in [0.29, 0.717) is 17.2 Å². The molecule has 4 rings (SSSR count). The van der Waals surface area contributed by atoms with Crippen molar-refractivity contribution in [3.05, 3.63) is 65.5 Å². The van der Waals surface area contributed by atoms with Gasteiger partial charge in [-0.3, -0.25) is 10.1 Å². The third kappa shape index (κ3) is 2.21. The van der Waals surface area contributed by atoms with Crippen LogP contribution in [0.4, 0.5) is 10.1 Å². The number of carbonyl (C=O) groups excluding carboxylic acids is 1. The molecule has 3 atom stereocenters. The van der Waals surface area contributed by atoms with Crippen LogP contribution in [0.25, 0.3) is 0 Å². The number of halogens is 1. The third-order valence-electron chi connectivity index (χ3n) is 4.24. The molecule has 1 saturated carbocycles. The van der Waals surface area contributed by atoms with Gasteiger partial charge in [0.15, 0.2) is 0 Å². The van der Waals surface area contributed by atoms with Crippen molar-refractivity contribution in [1.82, 2.24) is 5.32 Å². The number of nitrogens with one attached hydrogen (secondary N) is 2. The van der Waals surface area contributed by atoms with Gasteiger partial charge in [-0.1, -0.05) is 30.3 Å². The highest BCUT2D eigenvalue weighted by Crippen LogP contribution is 2.43. The minimum absolute atomic E-state index is 0.102. The first-order valence-corrected chi connectivity index (χ1v) is 7.14. The Hall–Kier alpha value is -2.20. The lowest BCUT2D eigenvalue weighted by Crippen LogP contribution is -2.30. The average molecular weight is 282 g/mol. The summed E-state index contributed by atoms with van der Waals surface area (Å²) in [6.45, 7) is 0. The van der Waals surface area contributed by atoms with Crippen molar-refractivity contribution in [3.63, 3.8) is 0 Å². The summed E-state index contributed by atoms with van der Waals surface area (Å²) in [5.74, 6) is 0.0263. The maximum atomic E-state index is 13.4. The lowest BCUT2D eigenvalue weighted by atomic mass is 10.1. The lowest BCUT2D eigenvalue weighted by Gasteiger charge is -2.11. The molecule has 2 aromatic rings. The fourth-order valence-electron chi connectivity index (χ4n) is 3.06. The Morgan fingerprint density at radius 3 is 2.76 bits per heavy atom. The van der Waals surface area contributed by atoms with Crippen LogP contribution in [-0.2, 0) is 4.79 Å². The first-order chi connectivity index (χ1) is 10.2. The number of rotatable bonds is 3. The monoisotopic (exact) mass is 282 g/mol. The van der Waals surface area contributed by atoms with Gasteiger partial charge >= 0.3 is 0 Å². The molecule has 1 heterocycles. The summed E-state index contributed by atoms with van der Waals surface area (Å²) in [5.41, 5.74) is 2.70. The first-order valence-electron chi connectivity index (χ1n) is 7.14. The predicted molar refractivity (Wildman–Crippen MR) is 78.5 cm³/mol. The molecule has 0 saturated heterocycles. The molecule has 3 nitrogen and oxygen atoms in total. The molecule has 0 aromatic heterocycles. The minimum atomic E-state index is -0.450. The van der Waals surface area contributed by atoms with Crippen molar-refractivity contribution in [2.45, 2.75) is 24.4 Å². The highest BCUT2D eigenvalue weighted by Gasteiger charge is 2.42.